The number of nitrogens with zero attached hydrogens (tertiary/aromatic N) is 3. The van der Waals surface area contributed by atoms with Crippen molar-refractivity contribution in [2.24, 2.45) is 0 Å². The van der Waals surface area contributed by atoms with E-state index < -0.39 is 11.9 Å². The number of hydrogen-bond donors (Lipinski definition) is 2. The van der Waals surface area contributed by atoms with Crippen molar-refractivity contribution in [3.8, 4) is 34.6 Å². The third-order valence-corrected chi connectivity index (χ3v) is 4.77. The lowest BCUT2D eigenvalue weighted by Crippen LogP contribution is -2.02. The molecule has 33 heavy (non-hydrogen) atoms. The molecule has 0 radical (unpaired) electrons. The van der Waals surface area contributed by atoms with Crippen molar-refractivity contribution in [2.75, 3.05) is 0 Å². The van der Waals surface area contributed by atoms with E-state index in [0.29, 0.717) is 17.0 Å². The van der Waals surface area contributed by atoms with E-state index in [0.717, 1.165) is 11.1 Å². The van der Waals surface area contributed by atoms with Gasteiger partial charge in [0.1, 0.15) is 0 Å². The van der Waals surface area contributed by atoms with Gasteiger partial charge in [0.05, 0.1) is 33.9 Å². The Hall–Kier alpha value is -4.83. The van der Waals surface area contributed by atoms with Crippen LogP contribution in [-0.2, 0) is 0 Å². The summed E-state index contributed by atoms with van der Waals surface area (Å²) in [5.41, 5.74) is 3.94. The topological polar surface area (TPSA) is 113 Å². The highest BCUT2D eigenvalue weighted by Crippen LogP contribution is 2.24. The normalized spacial score (nSPS) is 10.2. The maximum atomic E-state index is 11.7. The van der Waals surface area contributed by atoms with Gasteiger partial charge < -0.3 is 10.2 Å². The Morgan fingerprint density at radius 3 is 1.85 bits per heavy atom. The number of carboxylic acids is 2. The number of carbonyl (C=O) groups is 2. The minimum absolute atomic E-state index is 0.0181. The van der Waals surface area contributed by atoms with Crippen LogP contribution in [0.1, 0.15) is 37.4 Å². The molecule has 0 saturated carbocycles. The van der Waals surface area contributed by atoms with Gasteiger partial charge in [-0.1, -0.05) is 29.5 Å². The molecule has 3 heterocycles. The summed E-state index contributed by atoms with van der Waals surface area (Å²) >= 11 is 0. The zero-order valence-corrected chi connectivity index (χ0v) is 17.5. The van der Waals surface area contributed by atoms with E-state index in [1.165, 1.54) is 30.5 Å². The summed E-state index contributed by atoms with van der Waals surface area (Å²) in [6.45, 7) is 2.01. The minimum atomic E-state index is -1.15. The smallest absolute Gasteiger partial charge is 0.335 e. The quantitative estimate of drug-likeness (QED) is 0.459. The van der Waals surface area contributed by atoms with Crippen molar-refractivity contribution >= 4 is 11.9 Å². The molecule has 2 N–H and O–H groups in total. The zero-order chi connectivity index (χ0) is 23.4. The molecule has 160 valence electrons. The second-order valence-corrected chi connectivity index (χ2v) is 7.21. The molecule has 0 unspecified atom stereocenters. The number of aryl methyl sites for hydroxylation is 1. The molecule has 1 aromatic carbocycles. The summed E-state index contributed by atoms with van der Waals surface area (Å²) in [5.74, 6) is 3.91. The van der Waals surface area contributed by atoms with Crippen LogP contribution in [0.15, 0.2) is 73.1 Å². The van der Waals surface area contributed by atoms with Gasteiger partial charge in [-0.3, -0.25) is 9.97 Å². The first-order valence-corrected chi connectivity index (χ1v) is 9.89. The summed E-state index contributed by atoms with van der Waals surface area (Å²) in [5, 5.41) is 18.8. The predicted molar refractivity (Wildman–Crippen MR) is 122 cm³/mol. The number of aromatic carboxylic acids is 2. The third kappa shape index (κ3) is 5.09. The zero-order valence-electron chi connectivity index (χ0n) is 17.5. The first-order valence-electron chi connectivity index (χ1n) is 9.89. The minimum Gasteiger partial charge on any atom is -0.478 e. The monoisotopic (exact) mass is 435 g/mol. The first kappa shape index (κ1) is 21.4. The van der Waals surface area contributed by atoms with Gasteiger partial charge in [-0.05, 0) is 55.5 Å². The van der Waals surface area contributed by atoms with Crippen LogP contribution in [0.4, 0.5) is 0 Å². The van der Waals surface area contributed by atoms with E-state index in [9.17, 15) is 19.8 Å². The van der Waals surface area contributed by atoms with Crippen LogP contribution in [-0.4, -0.2) is 37.1 Å². The molecule has 0 bridgehead atoms. The molecule has 3 aromatic heterocycles. The van der Waals surface area contributed by atoms with E-state index in [-0.39, 0.29) is 22.5 Å². The molecule has 4 aromatic rings. The molecule has 0 fully saturated rings. The van der Waals surface area contributed by atoms with Crippen LogP contribution >= 0.6 is 0 Å². The van der Waals surface area contributed by atoms with E-state index in [4.69, 9.17) is 0 Å². The van der Waals surface area contributed by atoms with E-state index >= 15 is 0 Å². The molecule has 0 aliphatic heterocycles. The fraction of sp³-hybridized carbons (Fsp3) is 0.0385. The van der Waals surface area contributed by atoms with Gasteiger partial charge >= 0.3 is 11.9 Å². The van der Waals surface area contributed by atoms with Gasteiger partial charge in [0.25, 0.3) is 0 Å². The third-order valence-electron chi connectivity index (χ3n) is 4.77. The second-order valence-electron chi connectivity index (χ2n) is 7.21. The molecule has 0 aliphatic rings. The van der Waals surface area contributed by atoms with Crippen LogP contribution in [0.25, 0.3) is 22.8 Å². The Labute approximate surface area is 189 Å². The molecule has 0 saturated heterocycles. The maximum Gasteiger partial charge on any atom is 0.335 e. The lowest BCUT2D eigenvalue weighted by atomic mass is 10.1. The van der Waals surface area contributed by atoms with Gasteiger partial charge in [0, 0.05) is 23.5 Å². The van der Waals surface area contributed by atoms with Gasteiger partial charge in [-0.25, -0.2) is 14.6 Å². The molecule has 0 spiro atoms. The van der Waals surface area contributed by atoms with E-state index in [1.807, 2.05) is 31.2 Å². The van der Waals surface area contributed by atoms with Gasteiger partial charge in [0.15, 0.2) is 0 Å². The SMILES string of the molecule is Cc1ccc(C#Cc2ccnc(-c3cc(C(=O)O)cc(-c4cc(C(=O)O)ccn4)n3)c2)cc1. The number of rotatable bonds is 4. The van der Waals surface area contributed by atoms with E-state index in [1.54, 1.807) is 18.3 Å². The fourth-order valence-electron chi connectivity index (χ4n) is 3.05. The highest BCUT2D eigenvalue weighted by Gasteiger charge is 2.14. The number of benzene rings is 1. The summed E-state index contributed by atoms with van der Waals surface area (Å²) < 4.78 is 0. The molecular formula is C26H17N3O4. The summed E-state index contributed by atoms with van der Waals surface area (Å²) in [6, 6.07) is 16.8. The highest BCUT2D eigenvalue weighted by molar-refractivity contribution is 5.91. The molecule has 4 rings (SSSR count). The lowest BCUT2D eigenvalue weighted by Gasteiger charge is -2.07. The lowest BCUT2D eigenvalue weighted by molar-refractivity contribution is 0.0686. The molecule has 0 amide bonds. The van der Waals surface area contributed by atoms with Gasteiger partial charge in [-0.2, -0.15) is 0 Å². The van der Waals surface area contributed by atoms with Crippen molar-refractivity contribution in [1.82, 2.24) is 15.0 Å². The van der Waals surface area contributed by atoms with Crippen LogP contribution < -0.4 is 0 Å². The summed E-state index contributed by atoms with van der Waals surface area (Å²) in [7, 11) is 0. The second kappa shape index (κ2) is 9.12. The largest absolute Gasteiger partial charge is 0.478 e. The van der Waals surface area contributed by atoms with Crippen LogP contribution in [0.2, 0.25) is 0 Å². The molecular weight excluding hydrogens is 418 g/mol. The van der Waals surface area contributed by atoms with Crippen LogP contribution in [0, 0.1) is 18.8 Å². The number of hydrogen-bond acceptors (Lipinski definition) is 5. The Morgan fingerprint density at radius 1 is 0.667 bits per heavy atom. The Kier molecular flexibility index (Phi) is 5.92. The molecule has 0 atom stereocenters. The predicted octanol–water partition coefficient (Wildman–Crippen LogP) is 4.31. The van der Waals surface area contributed by atoms with Crippen molar-refractivity contribution in [3.63, 3.8) is 0 Å². The fourth-order valence-corrected chi connectivity index (χ4v) is 3.05. The van der Waals surface area contributed by atoms with Crippen LogP contribution in [0.3, 0.4) is 0 Å². The average molecular weight is 435 g/mol. The van der Waals surface area contributed by atoms with Crippen molar-refractivity contribution in [3.05, 3.63) is 101 Å². The van der Waals surface area contributed by atoms with Crippen LogP contribution in [0.5, 0.6) is 0 Å². The number of carboxylic acid groups (broad SMARTS) is 2. The Balaban J connectivity index is 1.76. The summed E-state index contributed by atoms with van der Waals surface area (Å²) in [6.07, 6.45) is 2.92. The Morgan fingerprint density at radius 2 is 1.21 bits per heavy atom. The van der Waals surface area contributed by atoms with Crippen molar-refractivity contribution in [1.29, 1.82) is 0 Å². The first-order chi connectivity index (χ1) is 15.9. The standard InChI is InChI=1S/C26H17N3O4/c1-16-2-4-17(5-3-16)6-7-18-8-10-27-21(12-18)23-14-20(26(32)33)15-24(29-23)22-13-19(25(30)31)9-11-28-22/h2-5,8-15H,1H3,(H,30,31)(H,32,33). The van der Waals surface area contributed by atoms with Gasteiger partial charge in [-0.15, -0.1) is 0 Å². The van der Waals surface area contributed by atoms with Gasteiger partial charge in [0.2, 0.25) is 0 Å². The molecule has 7 heteroatoms. The summed E-state index contributed by atoms with van der Waals surface area (Å²) in [4.78, 5) is 36.0. The average Bonchev–Trinajstić information content (AvgIpc) is 2.83. The number of pyridine rings is 3. The molecule has 7 nitrogen and oxygen atoms in total. The van der Waals surface area contributed by atoms with Crippen molar-refractivity contribution < 1.29 is 19.8 Å². The maximum absolute atomic E-state index is 11.7. The highest BCUT2D eigenvalue weighted by atomic mass is 16.4. The van der Waals surface area contributed by atoms with E-state index in [2.05, 4.69) is 26.8 Å². The van der Waals surface area contributed by atoms with Crippen molar-refractivity contribution in [2.45, 2.75) is 6.92 Å². The number of aromatic nitrogens is 3. The Bertz CT molecular complexity index is 1430. The molecule has 0 aliphatic carbocycles.